The molecule has 0 radical (unpaired) electrons. The smallest absolute Gasteiger partial charge is 0.220 e. The maximum Gasteiger partial charge on any atom is 0.220 e. The molecule has 4 rings (SSSR count). The fourth-order valence-corrected chi connectivity index (χ4v) is 3.76. The van der Waals surface area contributed by atoms with E-state index in [0.29, 0.717) is 25.9 Å². The van der Waals surface area contributed by atoms with Gasteiger partial charge in [-0.3, -0.25) is 14.5 Å². The molecule has 0 saturated carbocycles. The van der Waals surface area contributed by atoms with Crippen LogP contribution >= 0.6 is 0 Å². The Balaban J connectivity index is 1.44. The minimum Gasteiger partial charge on any atom is -0.496 e. The van der Waals surface area contributed by atoms with Gasteiger partial charge in [-0.25, -0.2) is 4.39 Å². The number of carbonyl (C=O) groups is 1. The van der Waals surface area contributed by atoms with E-state index in [1.807, 2.05) is 41.1 Å². The summed E-state index contributed by atoms with van der Waals surface area (Å²) in [6.07, 6.45) is 6.21. The van der Waals surface area contributed by atoms with Crippen LogP contribution in [0.4, 0.5) is 4.39 Å². The number of amides is 1. The van der Waals surface area contributed by atoms with Gasteiger partial charge in [-0.1, -0.05) is 18.2 Å². The minimum atomic E-state index is -0.294. The van der Waals surface area contributed by atoms with Gasteiger partial charge in [-0.2, -0.15) is 5.10 Å². The maximum atomic E-state index is 13.5. The van der Waals surface area contributed by atoms with E-state index in [0.717, 1.165) is 33.7 Å². The molecule has 0 unspecified atom stereocenters. The Morgan fingerprint density at radius 1 is 1.03 bits per heavy atom. The first-order valence-electron chi connectivity index (χ1n) is 10.8. The van der Waals surface area contributed by atoms with Crippen molar-refractivity contribution in [3.63, 3.8) is 0 Å². The van der Waals surface area contributed by atoms with E-state index in [1.54, 1.807) is 37.8 Å². The first kappa shape index (κ1) is 22.2. The van der Waals surface area contributed by atoms with E-state index in [2.05, 4.69) is 15.4 Å². The lowest BCUT2D eigenvalue weighted by molar-refractivity contribution is -0.121. The molecule has 0 aliphatic heterocycles. The number of carbonyl (C=O) groups excluding carboxylic acids is 1. The van der Waals surface area contributed by atoms with E-state index in [1.165, 1.54) is 12.1 Å². The topological polar surface area (TPSA) is 69.0 Å². The molecule has 33 heavy (non-hydrogen) atoms. The van der Waals surface area contributed by atoms with Gasteiger partial charge < -0.3 is 10.1 Å². The van der Waals surface area contributed by atoms with E-state index in [-0.39, 0.29) is 11.7 Å². The second kappa shape index (κ2) is 10.5. The minimum absolute atomic E-state index is 0.0363. The molecule has 0 atom stereocenters. The predicted octanol–water partition coefficient (Wildman–Crippen LogP) is 4.51. The van der Waals surface area contributed by atoms with Crippen LogP contribution in [0, 0.1) is 5.82 Å². The van der Waals surface area contributed by atoms with Crippen molar-refractivity contribution < 1.29 is 13.9 Å². The van der Waals surface area contributed by atoms with Crippen molar-refractivity contribution >= 4 is 5.91 Å². The summed E-state index contributed by atoms with van der Waals surface area (Å²) in [5.41, 5.74) is 4.61. The van der Waals surface area contributed by atoms with E-state index >= 15 is 0 Å². The fraction of sp³-hybridized carbons (Fsp3) is 0.192. The lowest BCUT2D eigenvalue weighted by Crippen LogP contribution is -2.27. The Morgan fingerprint density at radius 3 is 2.55 bits per heavy atom. The summed E-state index contributed by atoms with van der Waals surface area (Å²) in [5.74, 6) is 0.456. The zero-order valence-electron chi connectivity index (χ0n) is 18.4. The molecule has 0 aliphatic carbocycles. The van der Waals surface area contributed by atoms with Crippen LogP contribution in [0.3, 0.4) is 0 Å². The highest BCUT2D eigenvalue weighted by atomic mass is 19.1. The molecular formula is C26H25FN4O2. The van der Waals surface area contributed by atoms with Crippen LogP contribution in [0.5, 0.6) is 5.75 Å². The molecule has 7 heteroatoms. The van der Waals surface area contributed by atoms with Gasteiger partial charge in [0.05, 0.1) is 25.5 Å². The molecule has 0 fully saturated rings. The number of benzene rings is 2. The van der Waals surface area contributed by atoms with Crippen molar-refractivity contribution in [2.45, 2.75) is 19.4 Å². The first-order chi connectivity index (χ1) is 16.2. The number of methoxy groups -OCH3 is 1. The third-order valence-corrected chi connectivity index (χ3v) is 5.41. The summed E-state index contributed by atoms with van der Waals surface area (Å²) in [6.45, 7) is 0.911. The van der Waals surface area contributed by atoms with Crippen molar-refractivity contribution in [1.82, 2.24) is 20.1 Å². The van der Waals surface area contributed by atoms with Gasteiger partial charge in [0.1, 0.15) is 11.6 Å². The van der Waals surface area contributed by atoms with Gasteiger partial charge >= 0.3 is 0 Å². The Bertz CT molecular complexity index is 1210. The number of hydrogen-bond donors (Lipinski definition) is 1. The van der Waals surface area contributed by atoms with Crippen LogP contribution in [0.1, 0.15) is 12.0 Å². The normalized spacial score (nSPS) is 10.7. The number of halogens is 1. The van der Waals surface area contributed by atoms with Crippen molar-refractivity contribution in [2.24, 2.45) is 0 Å². The highest BCUT2D eigenvalue weighted by Crippen LogP contribution is 2.32. The molecular weight excluding hydrogens is 419 g/mol. The van der Waals surface area contributed by atoms with Gasteiger partial charge in [0.25, 0.3) is 0 Å². The summed E-state index contributed by atoms with van der Waals surface area (Å²) in [6, 6.07) is 17.9. The number of para-hydroxylation sites is 1. The number of aromatic nitrogens is 3. The molecule has 6 nitrogen and oxygen atoms in total. The van der Waals surface area contributed by atoms with Gasteiger partial charge in [0.15, 0.2) is 0 Å². The van der Waals surface area contributed by atoms with Crippen LogP contribution in [0.2, 0.25) is 0 Å². The summed E-state index contributed by atoms with van der Waals surface area (Å²) in [4.78, 5) is 16.5. The average molecular weight is 445 g/mol. The van der Waals surface area contributed by atoms with Gasteiger partial charge in [-0.05, 0) is 60.0 Å². The maximum absolute atomic E-state index is 13.5. The molecule has 1 N–H and O–H groups in total. The van der Waals surface area contributed by atoms with E-state index < -0.39 is 0 Å². The second-order valence-electron chi connectivity index (χ2n) is 7.53. The van der Waals surface area contributed by atoms with E-state index in [4.69, 9.17) is 4.74 Å². The average Bonchev–Trinajstić information content (AvgIpc) is 3.28. The zero-order valence-corrected chi connectivity index (χ0v) is 18.4. The number of aryl methyl sites for hydroxylation is 1. The summed E-state index contributed by atoms with van der Waals surface area (Å²) < 4.78 is 20.7. The van der Waals surface area contributed by atoms with Crippen molar-refractivity contribution in [1.29, 1.82) is 0 Å². The van der Waals surface area contributed by atoms with Crippen LogP contribution < -0.4 is 10.1 Å². The largest absolute Gasteiger partial charge is 0.496 e. The molecule has 0 spiro atoms. The van der Waals surface area contributed by atoms with E-state index in [9.17, 15) is 9.18 Å². The Hall–Kier alpha value is -4.00. The molecule has 168 valence electrons. The van der Waals surface area contributed by atoms with Gasteiger partial charge in [0.2, 0.25) is 5.91 Å². The van der Waals surface area contributed by atoms with Crippen LogP contribution in [0.25, 0.3) is 22.4 Å². The third-order valence-electron chi connectivity index (χ3n) is 5.41. The second-order valence-corrected chi connectivity index (χ2v) is 7.53. The number of hydrogen-bond acceptors (Lipinski definition) is 4. The van der Waals surface area contributed by atoms with Crippen molar-refractivity contribution in [3.05, 3.63) is 90.6 Å². The summed E-state index contributed by atoms with van der Waals surface area (Å²) in [5, 5.41) is 7.50. The van der Waals surface area contributed by atoms with Crippen molar-refractivity contribution in [3.8, 4) is 28.1 Å². The summed E-state index contributed by atoms with van der Waals surface area (Å²) >= 11 is 0. The molecule has 4 aromatic rings. The number of pyridine rings is 1. The molecule has 2 aromatic carbocycles. The number of rotatable bonds is 9. The molecule has 1 amide bonds. The Labute approximate surface area is 192 Å². The molecule has 2 aromatic heterocycles. The molecule has 0 saturated heterocycles. The Morgan fingerprint density at radius 2 is 1.79 bits per heavy atom. The lowest BCUT2D eigenvalue weighted by atomic mass is 10.0. The first-order valence-corrected chi connectivity index (χ1v) is 10.8. The molecule has 0 aliphatic rings. The SMILES string of the molecule is COc1ccccc1CCC(=O)NCCn1ncc(-c2ccncc2)c1-c1ccc(F)cc1. The third kappa shape index (κ3) is 5.44. The van der Waals surface area contributed by atoms with Crippen LogP contribution in [-0.2, 0) is 17.8 Å². The number of ether oxygens (including phenoxy) is 1. The monoisotopic (exact) mass is 444 g/mol. The fourth-order valence-electron chi connectivity index (χ4n) is 3.76. The standard InChI is InChI=1S/C26H25FN4O2/c1-33-24-5-3-2-4-20(24)8-11-25(32)29-16-17-31-26(21-6-9-22(27)10-7-21)23(18-30-31)19-12-14-28-15-13-19/h2-7,9-10,12-15,18H,8,11,16-17H2,1H3,(H,29,32). The van der Waals surface area contributed by atoms with Crippen LogP contribution in [0.15, 0.2) is 79.3 Å². The zero-order chi connectivity index (χ0) is 23.0. The molecule has 0 bridgehead atoms. The summed E-state index contributed by atoms with van der Waals surface area (Å²) in [7, 11) is 1.63. The van der Waals surface area contributed by atoms with Crippen molar-refractivity contribution in [2.75, 3.05) is 13.7 Å². The van der Waals surface area contributed by atoms with Gasteiger partial charge in [-0.15, -0.1) is 0 Å². The number of nitrogens with one attached hydrogen (secondary N) is 1. The molecule has 2 heterocycles. The van der Waals surface area contributed by atoms with Gasteiger partial charge in [0, 0.05) is 36.5 Å². The number of nitrogens with zero attached hydrogens (tertiary/aromatic N) is 3. The Kier molecular flexibility index (Phi) is 7.09. The quantitative estimate of drug-likeness (QED) is 0.412. The predicted molar refractivity (Wildman–Crippen MR) is 125 cm³/mol. The lowest BCUT2D eigenvalue weighted by Gasteiger charge is -2.12. The highest BCUT2D eigenvalue weighted by Gasteiger charge is 2.15. The van der Waals surface area contributed by atoms with Crippen LogP contribution in [-0.4, -0.2) is 34.3 Å². The highest BCUT2D eigenvalue weighted by molar-refractivity contribution is 5.80.